The SMILES string of the molecule is CCO[C@@H](CP(=O)(OC(C)C)OC(C)C)OS(C)(=O)=O. The van der Waals surface area contributed by atoms with Crippen LogP contribution in [-0.4, -0.2) is 45.9 Å². The molecule has 0 aromatic heterocycles. The second kappa shape index (κ2) is 8.46. The predicted octanol–water partition coefficient (Wildman–Crippen LogP) is 2.37. The Morgan fingerprint density at radius 1 is 1.05 bits per heavy atom. The zero-order valence-corrected chi connectivity index (χ0v) is 14.6. The first-order valence-corrected chi connectivity index (χ1v) is 9.97. The highest BCUT2D eigenvalue weighted by molar-refractivity contribution is 7.86. The normalized spacial score (nSPS) is 15.0. The zero-order valence-electron chi connectivity index (χ0n) is 12.9. The monoisotopic (exact) mass is 332 g/mol. The Hall–Kier alpha value is 0.0200. The molecule has 0 fully saturated rings. The van der Waals surface area contributed by atoms with Crippen LogP contribution in [-0.2, 0) is 32.7 Å². The van der Waals surface area contributed by atoms with Crippen molar-refractivity contribution in [2.24, 2.45) is 0 Å². The summed E-state index contributed by atoms with van der Waals surface area (Å²) in [5.41, 5.74) is 0. The standard InChI is InChI=1S/C11H25O7PS/c1-7-15-11(18-20(6,13)14)8-19(12,16-9(2)3)17-10(4)5/h9-11H,7-8H2,1-6H3/t11-/m1/s1. The minimum absolute atomic E-state index is 0.212. The summed E-state index contributed by atoms with van der Waals surface area (Å²) in [6.07, 6.45) is -1.25. The van der Waals surface area contributed by atoms with E-state index >= 15 is 0 Å². The summed E-state index contributed by atoms with van der Waals surface area (Å²) in [5, 5.41) is 0. The molecule has 7 nitrogen and oxygen atoms in total. The van der Waals surface area contributed by atoms with Gasteiger partial charge in [-0.1, -0.05) is 0 Å². The number of hydrogen-bond donors (Lipinski definition) is 0. The molecule has 0 bridgehead atoms. The highest BCUT2D eigenvalue weighted by atomic mass is 32.2. The van der Waals surface area contributed by atoms with Crippen LogP contribution in [0.3, 0.4) is 0 Å². The lowest BCUT2D eigenvalue weighted by molar-refractivity contribution is -0.0584. The van der Waals surface area contributed by atoms with Crippen LogP contribution in [0, 0.1) is 0 Å². The lowest BCUT2D eigenvalue weighted by atomic mass is 10.5. The first-order valence-electron chi connectivity index (χ1n) is 6.43. The van der Waals surface area contributed by atoms with Crippen LogP contribution >= 0.6 is 7.60 Å². The van der Waals surface area contributed by atoms with Gasteiger partial charge in [-0.15, -0.1) is 0 Å². The van der Waals surface area contributed by atoms with E-state index in [1.165, 1.54) is 0 Å². The number of ether oxygens (including phenoxy) is 1. The van der Waals surface area contributed by atoms with Gasteiger partial charge in [-0.05, 0) is 34.6 Å². The molecule has 0 radical (unpaired) electrons. The van der Waals surface area contributed by atoms with Gasteiger partial charge in [0.1, 0.15) is 6.16 Å². The van der Waals surface area contributed by atoms with Crippen molar-refractivity contribution in [3.63, 3.8) is 0 Å². The van der Waals surface area contributed by atoms with Crippen molar-refractivity contribution in [1.29, 1.82) is 0 Å². The highest BCUT2D eigenvalue weighted by Crippen LogP contribution is 2.51. The molecule has 0 aromatic carbocycles. The van der Waals surface area contributed by atoms with E-state index in [1.54, 1.807) is 34.6 Å². The third-order valence-corrected chi connectivity index (χ3v) is 4.55. The lowest BCUT2D eigenvalue weighted by Crippen LogP contribution is -2.27. The van der Waals surface area contributed by atoms with Crippen LogP contribution in [0.2, 0.25) is 0 Å². The number of rotatable bonds is 10. The van der Waals surface area contributed by atoms with Gasteiger partial charge >= 0.3 is 7.60 Å². The van der Waals surface area contributed by atoms with Gasteiger partial charge in [-0.3, -0.25) is 4.57 Å². The summed E-state index contributed by atoms with van der Waals surface area (Å²) in [6.45, 7) is 8.74. The van der Waals surface area contributed by atoms with E-state index < -0.39 is 24.0 Å². The maximum Gasteiger partial charge on any atom is 0.336 e. The molecule has 0 N–H and O–H groups in total. The fourth-order valence-corrected chi connectivity index (χ4v) is 4.09. The molecule has 9 heteroatoms. The maximum absolute atomic E-state index is 12.6. The van der Waals surface area contributed by atoms with Gasteiger partial charge in [0.25, 0.3) is 10.1 Å². The fourth-order valence-electron chi connectivity index (χ4n) is 1.43. The Kier molecular flexibility index (Phi) is 8.47. The summed E-state index contributed by atoms with van der Waals surface area (Å²) in [6, 6.07) is 0. The molecule has 0 rings (SSSR count). The van der Waals surface area contributed by atoms with E-state index in [0.717, 1.165) is 6.26 Å². The average Bonchev–Trinajstić information content (AvgIpc) is 2.10. The molecule has 0 aromatic rings. The summed E-state index contributed by atoms with van der Waals surface area (Å²) < 4.78 is 55.5. The van der Waals surface area contributed by atoms with E-state index in [2.05, 4.69) is 0 Å². The van der Waals surface area contributed by atoms with E-state index in [9.17, 15) is 13.0 Å². The highest BCUT2D eigenvalue weighted by Gasteiger charge is 2.34. The molecule has 20 heavy (non-hydrogen) atoms. The summed E-state index contributed by atoms with van der Waals surface area (Å²) in [5.74, 6) is 0. The first kappa shape index (κ1) is 20.0. The minimum atomic E-state index is -3.73. The van der Waals surface area contributed by atoms with Gasteiger partial charge in [-0.2, -0.15) is 8.42 Å². The van der Waals surface area contributed by atoms with Crippen LogP contribution in [0.5, 0.6) is 0 Å². The van der Waals surface area contributed by atoms with Crippen molar-refractivity contribution in [1.82, 2.24) is 0 Å². The Labute approximate surface area is 121 Å². The molecule has 0 amide bonds. The van der Waals surface area contributed by atoms with Gasteiger partial charge in [-0.25, -0.2) is 4.18 Å². The maximum atomic E-state index is 12.6. The minimum Gasteiger partial charge on any atom is -0.351 e. The Morgan fingerprint density at radius 2 is 1.50 bits per heavy atom. The smallest absolute Gasteiger partial charge is 0.336 e. The van der Waals surface area contributed by atoms with E-state index in [0.29, 0.717) is 0 Å². The van der Waals surface area contributed by atoms with E-state index in [1.807, 2.05) is 0 Å². The molecule has 122 valence electrons. The average molecular weight is 332 g/mol. The van der Waals surface area contributed by atoms with Crippen molar-refractivity contribution in [3.8, 4) is 0 Å². The molecule has 0 spiro atoms. The summed E-state index contributed by atoms with van der Waals surface area (Å²) in [7, 11) is -7.25. The van der Waals surface area contributed by atoms with Crippen LogP contribution < -0.4 is 0 Å². The first-order chi connectivity index (χ1) is 8.97. The molecule has 1 atom stereocenters. The van der Waals surface area contributed by atoms with Crippen molar-refractivity contribution in [3.05, 3.63) is 0 Å². The zero-order chi connectivity index (χ0) is 16.0. The molecule has 0 aliphatic rings. The van der Waals surface area contributed by atoms with Gasteiger partial charge in [0.15, 0.2) is 6.29 Å². The summed E-state index contributed by atoms with van der Waals surface area (Å²) >= 11 is 0. The van der Waals surface area contributed by atoms with Crippen LogP contribution in [0.4, 0.5) is 0 Å². The third kappa shape index (κ3) is 9.85. The lowest BCUT2D eigenvalue weighted by Gasteiger charge is -2.26. The molecule has 0 unspecified atom stereocenters. The molecule has 0 heterocycles. The van der Waals surface area contributed by atoms with Crippen molar-refractivity contribution < 1.29 is 31.0 Å². The molecular formula is C11H25O7PS. The second-order valence-electron chi connectivity index (χ2n) is 4.79. The van der Waals surface area contributed by atoms with Gasteiger partial charge in [0.05, 0.1) is 18.5 Å². The quantitative estimate of drug-likeness (QED) is 0.345. The Bertz CT molecular complexity index is 404. The van der Waals surface area contributed by atoms with Crippen LogP contribution in [0.15, 0.2) is 0 Å². The van der Waals surface area contributed by atoms with Gasteiger partial charge in [0, 0.05) is 6.61 Å². The van der Waals surface area contributed by atoms with E-state index in [4.69, 9.17) is 18.0 Å². The van der Waals surface area contributed by atoms with E-state index in [-0.39, 0.29) is 25.0 Å². The number of hydrogen-bond acceptors (Lipinski definition) is 7. The predicted molar refractivity (Wildman–Crippen MR) is 76.3 cm³/mol. The third-order valence-electron chi connectivity index (χ3n) is 1.75. The molecule has 0 aliphatic heterocycles. The molecule has 0 saturated carbocycles. The largest absolute Gasteiger partial charge is 0.351 e. The van der Waals surface area contributed by atoms with Crippen molar-refractivity contribution >= 4 is 17.7 Å². The van der Waals surface area contributed by atoms with Crippen molar-refractivity contribution in [2.45, 2.75) is 53.1 Å². The topological polar surface area (TPSA) is 88.1 Å². The molecule has 0 saturated heterocycles. The van der Waals surface area contributed by atoms with Crippen LogP contribution in [0.1, 0.15) is 34.6 Å². The van der Waals surface area contributed by atoms with Crippen molar-refractivity contribution in [2.75, 3.05) is 19.0 Å². The van der Waals surface area contributed by atoms with Gasteiger partial charge in [0.2, 0.25) is 0 Å². The summed E-state index contributed by atoms with van der Waals surface area (Å²) in [4.78, 5) is 0. The Morgan fingerprint density at radius 3 is 1.80 bits per heavy atom. The molecular weight excluding hydrogens is 307 g/mol. The van der Waals surface area contributed by atoms with Gasteiger partial charge < -0.3 is 13.8 Å². The fraction of sp³-hybridized carbons (Fsp3) is 1.00. The molecule has 0 aliphatic carbocycles. The Balaban J connectivity index is 5.01. The second-order valence-corrected chi connectivity index (χ2v) is 8.40. The van der Waals surface area contributed by atoms with Crippen LogP contribution in [0.25, 0.3) is 0 Å².